The summed E-state index contributed by atoms with van der Waals surface area (Å²) < 4.78 is 6.85. The fourth-order valence-corrected chi connectivity index (χ4v) is 4.42. The highest BCUT2D eigenvalue weighted by molar-refractivity contribution is 7.21. The molecule has 0 spiro atoms. The van der Waals surface area contributed by atoms with E-state index in [1.807, 2.05) is 25.1 Å². The lowest BCUT2D eigenvalue weighted by Crippen LogP contribution is -2.23. The summed E-state index contributed by atoms with van der Waals surface area (Å²) in [6, 6.07) is 8.20. The van der Waals surface area contributed by atoms with Gasteiger partial charge in [-0.25, -0.2) is 9.97 Å². The summed E-state index contributed by atoms with van der Waals surface area (Å²) >= 11 is 1.67. The van der Waals surface area contributed by atoms with E-state index < -0.39 is 0 Å². The molecule has 7 heteroatoms. The Morgan fingerprint density at radius 2 is 1.83 bits per heavy atom. The zero-order valence-electron chi connectivity index (χ0n) is 18.5. The second-order valence-corrected chi connectivity index (χ2v) is 8.52. The summed E-state index contributed by atoms with van der Waals surface area (Å²) in [5.41, 5.74) is 2.86. The van der Waals surface area contributed by atoms with Crippen molar-refractivity contribution in [3.8, 4) is 10.6 Å². The number of anilines is 2. The molecule has 2 aromatic heterocycles. The Balaban J connectivity index is 1.96. The van der Waals surface area contributed by atoms with Crippen LogP contribution in [-0.4, -0.2) is 34.8 Å². The molecule has 0 radical (unpaired) electrons. The van der Waals surface area contributed by atoms with E-state index in [1.165, 1.54) is 12.8 Å². The zero-order valence-corrected chi connectivity index (χ0v) is 19.3. The number of ether oxygens (including phenoxy) is 1. The van der Waals surface area contributed by atoms with Crippen LogP contribution in [0.2, 0.25) is 0 Å². The van der Waals surface area contributed by atoms with E-state index in [1.54, 1.807) is 18.4 Å². The lowest BCUT2D eigenvalue weighted by atomic mass is 10.2. The number of benzene rings is 1. The lowest BCUT2D eigenvalue weighted by molar-refractivity contribution is 0.116. The molecule has 162 valence electrons. The predicted octanol–water partition coefficient (Wildman–Crippen LogP) is 6.24. The highest BCUT2D eigenvalue weighted by Gasteiger charge is 2.20. The number of thiazole rings is 1. The molecule has 3 rings (SSSR count). The molecule has 1 unspecified atom stereocenters. The quantitative estimate of drug-likeness (QED) is 0.263. The fraction of sp³-hybridized carbons (Fsp3) is 0.522. The molecule has 2 heterocycles. The number of rotatable bonds is 12. The van der Waals surface area contributed by atoms with Crippen molar-refractivity contribution in [3.05, 3.63) is 30.0 Å². The monoisotopic (exact) mass is 427 g/mol. The molecule has 0 saturated heterocycles. The van der Waals surface area contributed by atoms with E-state index in [-0.39, 0.29) is 6.23 Å². The maximum Gasteiger partial charge on any atom is 0.224 e. The Kier molecular flexibility index (Phi) is 8.39. The molecule has 0 amide bonds. The smallest absolute Gasteiger partial charge is 0.224 e. The van der Waals surface area contributed by atoms with Crippen molar-refractivity contribution in [2.24, 2.45) is 0 Å². The van der Waals surface area contributed by atoms with Crippen molar-refractivity contribution in [1.29, 1.82) is 0 Å². The van der Waals surface area contributed by atoms with Gasteiger partial charge in [-0.2, -0.15) is 4.98 Å². The number of nitrogens with one attached hydrogen (secondary N) is 2. The lowest BCUT2D eigenvalue weighted by Gasteiger charge is -2.20. The first kappa shape index (κ1) is 22.4. The van der Waals surface area contributed by atoms with Crippen molar-refractivity contribution >= 4 is 33.3 Å². The standard InChI is InChI=1S/C23H33N5OS/c1-5-7-11-15-24-23-25-16(3)20(21(28-23)27-19(29-4)14-8-6-2)22-26-17-12-9-10-13-18(17)30-22/h9-10,12-13,19H,5-8,11,14-15H2,1-4H3,(H2,24,25,27,28). The molecule has 0 fully saturated rings. The molecular weight excluding hydrogens is 394 g/mol. The maximum absolute atomic E-state index is 5.69. The van der Waals surface area contributed by atoms with Crippen LogP contribution in [0.5, 0.6) is 0 Å². The van der Waals surface area contributed by atoms with Gasteiger partial charge in [-0.3, -0.25) is 0 Å². The Hall–Kier alpha value is -2.25. The van der Waals surface area contributed by atoms with Gasteiger partial charge in [0.25, 0.3) is 0 Å². The van der Waals surface area contributed by atoms with E-state index in [9.17, 15) is 0 Å². The average molecular weight is 428 g/mol. The Bertz CT molecular complexity index is 909. The third-order valence-corrected chi connectivity index (χ3v) is 6.12. The van der Waals surface area contributed by atoms with Crippen molar-refractivity contribution in [2.45, 2.75) is 65.5 Å². The largest absolute Gasteiger partial charge is 0.362 e. The van der Waals surface area contributed by atoms with Gasteiger partial charge in [0.15, 0.2) is 0 Å². The van der Waals surface area contributed by atoms with Crippen molar-refractivity contribution in [2.75, 3.05) is 24.3 Å². The highest BCUT2D eigenvalue weighted by atomic mass is 32.1. The van der Waals surface area contributed by atoms with Gasteiger partial charge in [0.1, 0.15) is 17.1 Å². The molecule has 0 bridgehead atoms. The molecule has 1 aromatic carbocycles. The van der Waals surface area contributed by atoms with E-state index in [4.69, 9.17) is 19.7 Å². The zero-order chi connectivity index (χ0) is 21.3. The number of methoxy groups -OCH3 is 1. The SMILES string of the molecule is CCCCCNc1nc(C)c(-c2nc3ccccc3s2)c(NC(CCCC)OC)n1. The summed E-state index contributed by atoms with van der Waals surface area (Å²) in [6.07, 6.45) is 6.54. The highest BCUT2D eigenvalue weighted by Crippen LogP contribution is 2.36. The van der Waals surface area contributed by atoms with Crippen LogP contribution >= 0.6 is 11.3 Å². The molecule has 30 heavy (non-hydrogen) atoms. The molecule has 1 atom stereocenters. The summed E-state index contributed by atoms with van der Waals surface area (Å²) in [7, 11) is 1.74. The van der Waals surface area contributed by atoms with E-state index in [0.29, 0.717) is 5.95 Å². The van der Waals surface area contributed by atoms with Crippen molar-refractivity contribution < 1.29 is 4.74 Å². The average Bonchev–Trinajstić information content (AvgIpc) is 3.17. The number of aromatic nitrogens is 3. The van der Waals surface area contributed by atoms with Gasteiger partial charge in [-0.1, -0.05) is 45.2 Å². The third kappa shape index (κ3) is 5.67. The molecule has 0 aliphatic rings. The summed E-state index contributed by atoms with van der Waals surface area (Å²) in [6.45, 7) is 7.29. The second-order valence-electron chi connectivity index (χ2n) is 7.49. The first-order chi connectivity index (χ1) is 14.7. The van der Waals surface area contributed by atoms with Crippen LogP contribution in [0, 0.1) is 6.92 Å². The number of hydrogen-bond acceptors (Lipinski definition) is 7. The number of fused-ring (bicyclic) bond motifs is 1. The fourth-order valence-electron chi connectivity index (χ4n) is 3.36. The summed E-state index contributed by atoms with van der Waals surface area (Å²) in [5, 5.41) is 7.82. The molecular formula is C23H33N5OS. The maximum atomic E-state index is 5.69. The summed E-state index contributed by atoms with van der Waals surface area (Å²) in [4.78, 5) is 14.4. The molecule has 2 N–H and O–H groups in total. The van der Waals surface area contributed by atoms with Gasteiger partial charge < -0.3 is 15.4 Å². The minimum Gasteiger partial charge on any atom is -0.362 e. The van der Waals surface area contributed by atoms with Crippen LogP contribution in [-0.2, 0) is 4.74 Å². The van der Waals surface area contributed by atoms with Gasteiger partial charge >= 0.3 is 0 Å². The predicted molar refractivity (Wildman–Crippen MR) is 127 cm³/mol. The summed E-state index contributed by atoms with van der Waals surface area (Å²) in [5.74, 6) is 1.43. The first-order valence-electron chi connectivity index (χ1n) is 10.9. The molecule has 3 aromatic rings. The minimum atomic E-state index is -0.0969. The normalized spacial score (nSPS) is 12.3. The Morgan fingerprint density at radius 3 is 2.57 bits per heavy atom. The number of unbranched alkanes of at least 4 members (excludes halogenated alkanes) is 3. The topological polar surface area (TPSA) is 72.0 Å². The van der Waals surface area contributed by atoms with Crippen LogP contribution in [0.4, 0.5) is 11.8 Å². The number of aryl methyl sites for hydroxylation is 1. The van der Waals surface area contributed by atoms with E-state index in [2.05, 4.69) is 30.5 Å². The van der Waals surface area contributed by atoms with Crippen molar-refractivity contribution in [1.82, 2.24) is 15.0 Å². The van der Waals surface area contributed by atoms with Gasteiger partial charge in [-0.15, -0.1) is 11.3 Å². The number of nitrogens with zero attached hydrogens (tertiary/aromatic N) is 3. The van der Waals surface area contributed by atoms with Gasteiger partial charge in [0.2, 0.25) is 5.95 Å². The minimum absolute atomic E-state index is 0.0969. The van der Waals surface area contributed by atoms with E-state index >= 15 is 0 Å². The van der Waals surface area contributed by atoms with Gasteiger partial charge in [0, 0.05) is 13.7 Å². The number of para-hydroxylation sites is 1. The van der Waals surface area contributed by atoms with Crippen LogP contribution in [0.3, 0.4) is 0 Å². The first-order valence-corrected chi connectivity index (χ1v) is 11.8. The van der Waals surface area contributed by atoms with E-state index in [0.717, 1.165) is 64.5 Å². The van der Waals surface area contributed by atoms with Gasteiger partial charge in [0.05, 0.1) is 21.5 Å². The van der Waals surface area contributed by atoms with Gasteiger partial charge in [-0.05, 0) is 38.3 Å². The third-order valence-electron chi connectivity index (χ3n) is 5.06. The Labute approximate surface area is 183 Å². The van der Waals surface area contributed by atoms with Crippen LogP contribution < -0.4 is 10.6 Å². The molecule has 0 aliphatic carbocycles. The Morgan fingerprint density at radius 1 is 1.03 bits per heavy atom. The van der Waals surface area contributed by atoms with Crippen LogP contribution in [0.25, 0.3) is 20.8 Å². The molecule has 0 aliphatic heterocycles. The van der Waals surface area contributed by atoms with Crippen LogP contribution in [0.1, 0.15) is 58.1 Å². The molecule has 6 nitrogen and oxygen atoms in total. The second kappa shape index (κ2) is 11.2. The van der Waals surface area contributed by atoms with Crippen molar-refractivity contribution in [3.63, 3.8) is 0 Å². The molecule has 0 saturated carbocycles. The number of hydrogen-bond donors (Lipinski definition) is 2. The van der Waals surface area contributed by atoms with Crippen LogP contribution in [0.15, 0.2) is 24.3 Å².